The van der Waals surface area contributed by atoms with E-state index in [4.69, 9.17) is 14.2 Å². The molecule has 0 fully saturated rings. The van der Waals surface area contributed by atoms with E-state index in [1.165, 1.54) is 0 Å². The van der Waals surface area contributed by atoms with Crippen LogP contribution in [0.1, 0.15) is 5.56 Å². The van der Waals surface area contributed by atoms with Crippen LogP contribution in [-0.2, 0) is 9.59 Å². The Kier molecular flexibility index (Phi) is 5.79. The number of hydrogen-bond acceptors (Lipinski definition) is 6. The van der Waals surface area contributed by atoms with Crippen LogP contribution < -0.4 is 14.2 Å². The van der Waals surface area contributed by atoms with Gasteiger partial charge in [0.25, 0.3) is 0 Å². The smallest absolute Gasteiger partial charge is 0.335 e. The topological polar surface area (TPSA) is 61.8 Å². The van der Waals surface area contributed by atoms with Crippen molar-refractivity contribution in [3.05, 3.63) is 79.4 Å². The van der Waals surface area contributed by atoms with E-state index in [0.29, 0.717) is 17.2 Å². The lowest BCUT2D eigenvalue weighted by molar-refractivity contribution is -0.129. The third kappa shape index (κ3) is 3.76. The summed E-state index contributed by atoms with van der Waals surface area (Å²) in [6, 6.07) is 15.2. The summed E-state index contributed by atoms with van der Waals surface area (Å²) in [6.07, 6.45) is 2.25. The monoisotopic (exact) mass is 444 g/mol. The summed E-state index contributed by atoms with van der Waals surface area (Å²) in [5.41, 5.74) is 3.20. The molecule has 0 amide bonds. The molecule has 3 aromatic carbocycles. The number of benzene rings is 3. The van der Waals surface area contributed by atoms with Gasteiger partial charge in [-0.3, -0.25) is 0 Å². The number of carbonyl (C=O) groups excluding carboxylic acids is 2. The van der Waals surface area contributed by atoms with Gasteiger partial charge in [-0.05, 0) is 47.9 Å². The maximum atomic E-state index is 11.7. The van der Waals surface area contributed by atoms with Crippen LogP contribution in [0.15, 0.2) is 73.8 Å². The van der Waals surface area contributed by atoms with Crippen LogP contribution in [0.25, 0.3) is 31.3 Å². The molecular formula is C26H20O5S. The zero-order valence-corrected chi connectivity index (χ0v) is 18.5. The van der Waals surface area contributed by atoms with E-state index in [2.05, 4.69) is 32.2 Å². The van der Waals surface area contributed by atoms with Gasteiger partial charge in [0.15, 0.2) is 11.5 Å². The molecule has 4 rings (SSSR count). The van der Waals surface area contributed by atoms with E-state index in [1.807, 2.05) is 18.2 Å². The molecular weight excluding hydrogens is 424 g/mol. The molecule has 0 saturated carbocycles. The van der Waals surface area contributed by atoms with Gasteiger partial charge in [-0.2, -0.15) is 0 Å². The van der Waals surface area contributed by atoms with E-state index in [-0.39, 0.29) is 0 Å². The molecule has 32 heavy (non-hydrogen) atoms. The number of aryl methyl sites for hydroxylation is 1. The predicted molar refractivity (Wildman–Crippen MR) is 128 cm³/mol. The van der Waals surface area contributed by atoms with Crippen LogP contribution in [0.3, 0.4) is 0 Å². The molecule has 0 spiro atoms. The fraction of sp³-hybridized carbons (Fsp3) is 0.0769. The zero-order valence-electron chi connectivity index (χ0n) is 17.6. The Bertz CT molecular complexity index is 1380. The van der Waals surface area contributed by atoms with Crippen LogP contribution in [0.2, 0.25) is 0 Å². The van der Waals surface area contributed by atoms with Gasteiger partial charge < -0.3 is 14.2 Å². The highest BCUT2D eigenvalue weighted by molar-refractivity contribution is 7.26. The average Bonchev–Trinajstić information content (AvgIpc) is 3.19. The summed E-state index contributed by atoms with van der Waals surface area (Å²) in [7, 11) is 1.56. The zero-order chi connectivity index (χ0) is 22.8. The first-order valence-electron chi connectivity index (χ1n) is 9.78. The Morgan fingerprint density at radius 2 is 1.47 bits per heavy atom. The first kappa shape index (κ1) is 21.3. The number of rotatable bonds is 6. The molecule has 1 heterocycles. The summed E-state index contributed by atoms with van der Waals surface area (Å²) in [5, 5.41) is 2.13. The summed E-state index contributed by atoms with van der Waals surface area (Å²) < 4.78 is 18.1. The number of hydrogen-bond donors (Lipinski definition) is 0. The lowest BCUT2D eigenvalue weighted by Gasteiger charge is -2.09. The minimum atomic E-state index is -0.538. The number of fused-ring (bicyclic) bond motifs is 3. The maximum Gasteiger partial charge on any atom is 0.335 e. The van der Waals surface area contributed by atoms with Gasteiger partial charge in [-0.25, -0.2) is 9.59 Å². The fourth-order valence-corrected chi connectivity index (χ4v) is 4.91. The van der Waals surface area contributed by atoms with Crippen molar-refractivity contribution in [3.63, 3.8) is 0 Å². The Balaban J connectivity index is 1.80. The lowest BCUT2D eigenvalue weighted by Crippen LogP contribution is -2.04. The Morgan fingerprint density at radius 3 is 2.12 bits per heavy atom. The average molecular weight is 445 g/mol. The largest absolute Gasteiger partial charge is 0.491 e. The van der Waals surface area contributed by atoms with Crippen molar-refractivity contribution >= 4 is 43.4 Å². The molecule has 0 N–H and O–H groups in total. The molecule has 1 aromatic heterocycles. The molecule has 0 aliphatic rings. The second kappa shape index (κ2) is 8.69. The molecule has 6 heteroatoms. The molecule has 0 aliphatic carbocycles. The highest BCUT2D eigenvalue weighted by Crippen LogP contribution is 2.46. The van der Waals surface area contributed by atoms with Gasteiger partial charge in [-0.15, -0.1) is 11.3 Å². The molecule has 0 bridgehead atoms. The van der Waals surface area contributed by atoms with Gasteiger partial charge in [0.2, 0.25) is 0 Å². The lowest BCUT2D eigenvalue weighted by atomic mass is 9.98. The van der Waals surface area contributed by atoms with Crippen molar-refractivity contribution in [2.75, 3.05) is 7.11 Å². The van der Waals surface area contributed by atoms with Crippen molar-refractivity contribution < 1.29 is 23.8 Å². The van der Waals surface area contributed by atoms with E-state index >= 15 is 0 Å². The van der Waals surface area contributed by atoms with Gasteiger partial charge in [-0.1, -0.05) is 37.4 Å². The maximum absolute atomic E-state index is 11.7. The second-order valence-corrected chi connectivity index (χ2v) is 7.99. The Morgan fingerprint density at radius 1 is 0.844 bits per heavy atom. The van der Waals surface area contributed by atoms with Gasteiger partial charge in [0.1, 0.15) is 5.75 Å². The number of carbonyl (C=O) groups is 2. The minimum absolute atomic E-state index is 0.360. The minimum Gasteiger partial charge on any atom is -0.491 e. The molecule has 0 atom stereocenters. The third-order valence-electron chi connectivity index (χ3n) is 5.11. The van der Waals surface area contributed by atoms with E-state index in [1.54, 1.807) is 36.6 Å². The molecule has 0 unspecified atom stereocenters. The van der Waals surface area contributed by atoms with Crippen LogP contribution in [0.5, 0.6) is 17.2 Å². The summed E-state index contributed by atoms with van der Waals surface area (Å²) >= 11 is 1.59. The summed E-state index contributed by atoms with van der Waals surface area (Å²) in [4.78, 5) is 23.1. The Labute approximate surface area is 189 Å². The Hall–Kier alpha value is -3.90. The number of thiophene rings is 1. The normalized spacial score (nSPS) is 10.7. The molecule has 4 aromatic rings. The number of esters is 2. The van der Waals surface area contributed by atoms with E-state index in [9.17, 15) is 9.59 Å². The molecule has 0 saturated heterocycles. The van der Waals surface area contributed by atoms with Gasteiger partial charge in [0.05, 0.1) is 11.8 Å². The van der Waals surface area contributed by atoms with Crippen LogP contribution in [0.4, 0.5) is 0 Å². The SMILES string of the molecule is C=CC(=O)Oc1ccc(-c2ccc3c(sc4c(OC)c(OC(=O)C=C)ccc43)c2C)cc1. The first-order chi connectivity index (χ1) is 15.5. The predicted octanol–water partition coefficient (Wildman–Crippen LogP) is 6.22. The van der Waals surface area contributed by atoms with Crippen molar-refractivity contribution in [1.82, 2.24) is 0 Å². The summed E-state index contributed by atoms with van der Waals surface area (Å²) in [5.74, 6) is 0.315. The quantitative estimate of drug-likeness (QED) is 0.201. The van der Waals surface area contributed by atoms with E-state index < -0.39 is 11.9 Å². The fourth-order valence-electron chi connectivity index (χ4n) is 3.59. The van der Waals surface area contributed by atoms with Crippen LogP contribution >= 0.6 is 11.3 Å². The second-order valence-electron chi connectivity index (χ2n) is 6.97. The standard InChI is InChI=1S/C26H20O5S/c1-5-22(27)30-17-9-7-16(8-10-17)18-11-12-19-20-13-14-21(31-23(28)6-2)24(29-4)26(20)32-25(19)15(18)3/h5-14H,1-2H2,3-4H3. The molecule has 5 nitrogen and oxygen atoms in total. The van der Waals surface area contributed by atoms with E-state index in [0.717, 1.165) is 49.0 Å². The molecule has 0 aliphatic heterocycles. The molecule has 0 radical (unpaired) electrons. The first-order valence-corrected chi connectivity index (χ1v) is 10.6. The highest BCUT2D eigenvalue weighted by Gasteiger charge is 2.18. The highest BCUT2D eigenvalue weighted by atomic mass is 32.1. The number of ether oxygens (including phenoxy) is 3. The van der Waals surface area contributed by atoms with Crippen molar-refractivity contribution in [3.8, 4) is 28.4 Å². The summed E-state index contributed by atoms with van der Waals surface area (Å²) in [6.45, 7) is 8.92. The van der Waals surface area contributed by atoms with Gasteiger partial charge >= 0.3 is 11.9 Å². The third-order valence-corrected chi connectivity index (χ3v) is 6.45. The number of methoxy groups -OCH3 is 1. The van der Waals surface area contributed by atoms with Crippen molar-refractivity contribution in [2.24, 2.45) is 0 Å². The van der Waals surface area contributed by atoms with Crippen molar-refractivity contribution in [1.29, 1.82) is 0 Å². The van der Waals surface area contributed by atoms with Crippen molar-refractivity contribution in [2.45, 2.75) is 6.92 Å². The van der Waals surface area contributed by atoms with Crippen LogP contribution in [-0.4, -0.2) is 19.0 Å². The molecule has 160 valence electrons. The van der Waals surface area contributed by atoms with Gasteiger partial charge in [0, 0.05) is 27.6 Å². The van der Waals surface area contributed by atoms with Crippen LogP contribution in [0, 0.1) is 6.92 Å².